The van der Waals surface area contributed by atoms with Crippen molar-refractivity contribution in [1.29, 1.82) is 0 Å². The number of nitrogens with two attached hydrogens (primary N) is 1. The van der Waals surface area contributed by atoms with E-state index in [9.17, 15) is 9.18 Å². The van der Waals surface area contributed by atoms with Crippen LogP contribution in [0.2, 0.25) is 0 Å². The lowest BCUT2D eigenvalue weighted by Gasteiger charge is -2.01. The monoisotopic (exact) mass is 255 g/mol. The Morgan fingerprint density at radius 1 is 1.21 bits per heavy atom. The third kappa shape index (κ3) is 1.85. The first kappa shape index (κ1) is 11.4. The van der Waals surface area contributed by atoms with Crippen molar-refractivity contribution in [2.75, 3.05) is 0 Å². The van der Waals surface area contributed by atoms with Gasteiger partial charge in [0.05, 0.1) is 0 Å². The average molecular weight is 255 g/mol. The van der Waals surface area contributed by atoms with Crippen LogP contribution in [0.3, 0.4) is 0 Å². The highest BCUT2D eigenvalue weighted by Crippen LogP contribution is 2.24. The van der Waals surface area contributed by atoms with Crippen LogP contribution in [0.25, 0.3) is 16.9 Å². The van der Waals surface area contributed by atoms with E-state index < -0.39 is 5.91 Å². The van der Waals surface area contributed by atoms with Gasteiger partial charge in [-0.25, -0.2) is 9.37 Å². The van der Waals surface area contributed by atoms with E-state index in [1.807, 2.05) is 6.07 Å². The molecule has 0 fully saturated rings. The summed E-state index contributed by atoms with van der Waals surface area (Å²) < 4.78 is 14.9. The number of imidazole rings is 1. The number of aromatic nitrogens is 2. The van der Waals surface area contributed by atoms with E-state index in [-0.39, 0.29) is 11.5 Å². The molecule has 1 aromatic carbocycles. The molecule has 0 saturated carbocycles. The van der Waals surface area contributed by atoms with Gasteiger partial charge in [-0.15, -0.1) is 0 Å². The summed E-state index contributed by atoms with van der Waals surface area (Å²) in [4.78, 5) is 16.0. The molecule has 2 aromatic heterocycles. The molecule has 4 nitrogen and oxygen atoms in total. The number of hydrogen-bond acceptors (Lipinski definition) is 2. The third-order valence-corrected chi connectivity index (χ3v) is 2.86. The quantitative estimate of drug-likeness (QED) is 0.763. The molecule has 0 aliphatic heterocycles. The second-order valence-electron chi connectivity index (χ2n) is 4.11. The summed E-state index contributed by atoms with van der Waals surface area (Å²) in [5, 5.41) is 0. The minimum absolute atomic E-state index is 0.251. The first-order valence-electron chi connectivity index (χ1n) is 5.69. The molecule has 94 valence electrons. The SMILES string of the molecule is NC(=O)c1c(-c2cccc(F)c2)nc2ccccn12. The van der Waals surface area contributed by atoms with E-state index in [1.54, 1.807) is 34.9 Å². The van der Waals surface area contributed by atoms with Gasteiger partial charge >= 0.3 is 0 Å². The summed E-state index contributed by atoms with van der Waals surface area (Å²) in [6.45, 7) is 0. The molecule has 5 heteroatoms. The summed E-state index contributed by atoms with van der Waals surface area (Å²) >= 11 is 0. The van der Waals surface area contributed by atoms with Crippen molar-refractivity contribution < 1.29 is 9.18 Å². The fraction of sp³-hybridized carbons (Fsp3) is 0. The summed E-state index contributed by atoms with van der Waals surface area (Å²) in [5.41, 5.74) is 7.16. The van der Waals surface area contributed by atoms with Gasteiger partial charge in [-0.2, -0.15) is 0 Å². The van der Waals surface area contributed by atoms with Gasteiger partial charge in [-0.1, -0.05) is 18.2 Å². The number of primary amides is 1. The van der Waals surface area contributed by atoms with Crippen LogP contribution >= 0.6 is 0 Å². The average Bonchev–Trinajstić information content (AvgIpc) is 2.78. The van der Waals surface area contributed by atoms with Gasteiger partial charge in [0.15, 0.2) is 0 Å². The fourth-order valence-electron chi connectivity index (χ4n) is 2.07. The highest BCUT2D eigenvalue weighted by atomic mass is 19.1. The van der Waals surface area contributed by atoms with Crippen molar-refractivity contribution in [3.8, 4) is 11.3 Å². The van der Waals surface area contributed by atoms with E-state index >= 15 is 0 Å². The standard InChI is InChI=1S/C14H10FN3O/c15-10-5-3-4-9(8-10)12-13(14(16)19)18-7-2-1-6-11(18)17-12/h1-8H,(H2,16,19). The molecule has 19 heavy (non-hydrogen) atoms. The molecule has 2 heterocycles. The Labute approximate surface area is 108 Å². The van der Waals surface area contributed by atoms with Crippen LogP contribution < -0.4 is 5.73 Å². The summed E-state index contributed by atoms with van der Waals surface area (Å²) in [6.07, 6.45) is 1.70. The lowest BCUT2D eigenvalue weighted by Crippen LogP contribution is -2.14. The van der Waals surface area contributed by atoms with E-state index in [4.69, 9.17) is 5.73 Å². The minimum atomic E-state index is -0.599. The molecular weight excluding hydrogens is 245 g/mol. The minimum Gasteiger partial charge on any atom is -0.364 e. The van der Waals surface area contributed by atoms with Gasteiger partial charge in [0, 0.05) is 11.8 Å². The van der Waals surface area contributed by atoms with Crippen molar-refractivity contribution >= 4 is 11.6 Å². The maximum Gasteiger partial charge on any atom is 0.268 e. The molecule has 3 aromatic rings. The molecule has 0 bridgehead atoms. The number of carbonyl (C=O) groups excluding carboxylic acids is 1. The lowest BCUT2D eigenvalue weighted by molar-refractivity contribution is 0.0995. The first-order chi connectivity index (χ1) is 9.16. The number of pyridine rings is 1. The van der Waals surface area contributed by atoms with Crippen molar-refractivity contribution in [3.63, 3.8) is 0 Å². The molecule has 0 saturated heterocycles. The van der Waals surface area contributed by atoms with Crippen molar-refractivity contribution in [3.05, 3.63) is 60.2 Å². The molecule has 0 aliphatic carbocycles. The van der Waals surface area contributed by atoms with E-state index in [0.717, 1.165) is 0 Å². The molecule has 0 aliphatic rings. The van der Waals surface area contributed by atoms with Gasteiger partial charge < -0.3 is 5.73 Å². The second kappa shape index (κ2) is 4.20. The largest absolute Gasteiger partial charge is 0.364 e. The molecule has 0 spiro atoms. The van der Waals surface area contributed by atoms with E-state index in [1.165, 1.54) is 12.1 Å². The number of hydrogen-bond donors (Lipinski definition) is 1. The first-order valence-corrected chi connectivity index (χ1v) is 5.69. The number of rotatable bonds is 2. The molecule has 2 N–H and O–H groups in total. The molecule has 0 atom stereocenters. The zero-order valence-electron chi connectivity index (χ0n) is 9.88. The van der Waals surface area contributed by atoms with Crippen LogP contribution in [0.15, 0.2) is 48.7 Å². The normalized spacial score (nSPS) is 10.8. The maximum absolute atomic E-state index is 13.3. The van der Waals surface area contributed by atoms with Crippen LogP contribution in [-0.4, -0.2) is 15.3 Å². The number of halogens is 1. The van der Waals surface area contributed by atoms with Crippen LogP contribution in [0, 0.1) is 5.82 Å². The van der Waals surface area contributed by atoms with Gasteiger partial charge in [-0.05, 0) is 24.3 Å². The number of benzene rings is 1. The Balaban J connectivity index is 2.34. The van der Waals surface area contributed by atoms with Crippen molar-refractivity contribution in [1.82, 2.24) is 9.38 Å². The smallest absolute Gasteiger partial charge is 0.268 e. The predicted molar refractivity (Wildman–Crippen MR) is 69.1 cm³/mol. The van der Waals surface area contributed by atoms with E-state index in [0.29, 0.717) is 16.9 Å². The fourth-order valence-corrected chi connectivity index (χ4v) is 2.07. The molecule has 3 rings (SSSR count). The highest BCUT2D eigenvalue weighted by molar-refractivity contribution is 5.98. The Hall–Kier alpha value is -2.69. The molecule has 0 radical (unpaired) electrons. The van der Waals surface area contributed by atoms with Crippen LogP contribution in [0.1, 0.15) is 10.5 Å². The van der Waals surface area contributed by atoms with Crippen molar-refractivity contribution in [2.45, 2.75) is 0 Å². The van der Waals surface area contributed by atoms with Gasteiger partial charge in [0.1, 0.15) is 22.9 Å². The van der Waals surface area contributed by atoms with Gasteiger partial charge in [0.2, 0.25) is 0 Å². The number of fused-ring (bicyclic) bond motifs is 1. The van der Waals surface area contributed by atoms with Crippen LogP contribution in [-0.2, 0) is 0 Å². The summed E-state index contributed by atoms with van der Waals surface area (Å²) in [6, 6.07) is 11.3. The second-order valence-corrected chi connectivity index (χ2v) is 4.11. The Morgan fingerprint density at radius 3 is 2.79 bits per heavy atom. The number of nitrogens with zero attached hydrogens (tertiary/aromatic N) is 2. The Kier molecular flexibility index (Phi) is 2.52. The van der Waals surface area contributed by atoms with Gasteiger partial charge in [-0.3, -0.25) is 9.20 Å². The predicted octanol–water partition coefficient (Wildman–Crippen LogP) is 2.24. The third-order valence-electron chi connectivity index (χ3n) is 2.86. The molecular formula is C14H10FN3O. The zero-order chi connectivity index (χ0) is 13.4. The Morgan fingerprint density at radius 2 is 2.05 bits per heavy atom. The van der Waals surface area contributed by atoms with Gasteiger partial charge in [0.25, 0.3) is 5.91 Å². The molecule has 0 unspecified atom stereocenters. The zero-order valence-corrected chi connectivity index (χ0v) is 9.88. The number of carbonyl (C=O) groups is 1. The van der Waals surface area contributed by atoms with Crippen LogP contribution in [0.4, 0.5) is 4.39 Å². The maximum atomic E-state index is 13.3. The summed E-state index contributed by atoms with van der Waals surface area (Å²) in [5.74, 6) is -0.983. The van der Waals surface area contributed by atoms with Crippen molar-refractivity contribution in [2.24, 2.45) is 5.73 Å². The molecule has 1 amide bonds. The Bertz CT molecular complexity index is 779. The van der Waals surface area contributed by atoms with E-state index in [2.05, 4.69) is 4.98 Å². The topological polar surface area (TPSA) is 60.4 Å². The number of amides is 1. The summed E-state index contributed by atoms with van der Waals surface area (Å²) in [7, 11) is 0. The lowest BCUT2D eigenvalue weighted by atomic mass is 10.1. The highest BCUT2D eigenvalue weighted by Gasteiger charge is 2.18. The van der Waals surface area contributed by atoms with Crippen LogP contribution in [0.5, 0.6) is 0 Å².